The average molecular weight is 989 g/mol. The Balaban J connectivity index is 0.00000190. The fraction of sp³-hybridized carbons (Fsp3) is 0.435. The molecule has 4 atom stereocenters. The average Bonchev–Trinajstić information content (AvgIpc) is 3.34. The number of anilines is 1. The number of fused-ring (bicyclic) bond motifs is 3. The van der Waals surface area contributed by atoms with Gasteiger partial charge in [0.25, 0.3) is 0 Å². The molecule has 1 unspecified atom stereocenters. The Bertz CT molecular complexity index is 1950. The van der Waals surface area contributed by atoms with Gasteiger partial charge in [-0.3, -0.25) is 0 Å². The molecule has 2 aliphatic carbocycles. The van der Waals surface area contributed by atoms with Gasteiger partial charge in [0.2, 0.25) is 10.0 Å². The van der Waals surface area contributed by atoms with Crippen LogP contribution >= 0.6 is 0 Å². The maximum absolute atomic E-state index is 14.8. The summed E-state index contributed by atoms with van der Waals surface area (Å²) in [4.78, 5) is 2.74. The molecule has 0 amide bonds. The van der Waals surface area contributed by atoms with E-state index in [2.05, 4.69) is 49.6 Å². The van der Waals surface area contributed by atoms with Crippen LogP contribution in [-0.4, -0.2) is 46.6 Å². The molecule has 1 heterocycles. The molecule has 4 aromatic carbocycles. The van der Waals surface area contributed by atoms with Gasteiger partial charge in [0.05, 0.1) is 31.4 Å². The number of allylic oxidation sites excluding steroid dienone is 1. The van der Waals surface area contributed by atoms with Crippen LogP contribution in [0, 0.1) is 55.8 Å². The number of aryl methyl sites for hydroxylation is 2. The van der Waals surface area contributed by atoms with Gasteiger partial charge in [0, 0.05) is 62.7 Å². The minimum atomic E-state index is -3.96. The molecule has 1 aliphatic heterocycles. The van der Waals surface area contributed by atoms with Crippen molar-refractivity contribution in [3.05, 3.63) is 125 Å². The maximum atomic E-state index is 14.8. The van der Waals surface area contributed by atoms with E-state index in [1.807, 2.05) is 74.5 Å². The van der Waals surface area contributed by atoms with Crippen molar-refractivity contribution in [2.45, 2.75) is 83.2 Å². The van der Waals surface area contributed by atoms with E-state index in [9.17, 15) is 8.42 Å². The summed E-state index contributed by atoms with van der Waals surface area (Å²) in [5.41, 5.74) is 6.50. The second-order valence-corrected chi connectivity index (χ2v) is 17.1. The first kappa shape index (κ1) is 42.9. The quantitative estimate of drug-likeness (QED) is 0.132. The Labute approximate surface area is 353 Å². The summed E-state index contributed by atoms with van der Waals surface area (Å²) in [6.45, 7) is 15.2. The van der Waals surface area contributed by atoms with Gasteiger partial charge in [-0.1, -0.05) is 74.9 Å². The molecular weight excluding hydrogens is 931 g/mol. The number of rotatable bonds is 12. The molecule has 9 heteroatoms. The van der Waals surface area contributed by atoms with Crippen molar-refractivity contribution in [3.8, 4) is 17.2 Å². The third-order valence-corrected chi connectivity index (χ3v) is 13.6. The molecule has 0 radical (unpaired) electrons. The molecule has 0 bridgehead atoms. The standard InChI is InChI=1S/C44H52N2O5S.C2H6.U/c1-6-32(3)40-20-14-36(40)28-45-29-44(23-7-8-35-24-31(2)9-21-41(35)44)30-51-43-22-19-39(25-42(43)45)52(47,48)46(26-33-10-15-37(49-4)16-11-33)27-34-12-17-38(50-5)18-13-34;1-2;/h6,9-13,15-19,21-22,24-25,32,36,40H,1,7-8,14,20,23,26-30H2,2-5H3;1-2H3;/t32?,36-,40-,44-;;/m0../s1. The van der Waals surface area contributed by atoms with Crippen molar-refractivity contribution >= 4 is 15.7 Å². The summed E-state index contributed by atoms with van der Waals surface area (Å²) in [6.07, 6.45) is 7.66. The largest absolute Gasteiger partial charge is 0.497 e. The number of nitrogens with zero attached hydrogens (tertiary/aromatic N) is 2. The fourth-order valence-electron chi connectivity index (χ4n) is 8.63. The van der Waals surface area contributed by atoms with Gasteiger partial charge in [0.15, 0.2) is 0 Å². The molecule has 1 fully saturated rings. The normalized spacial score (nSPS) is 20.6. The fourth-order valence-corrected chi connectivity index (χ4v) is 10.1. The van der Waals surface area contributed by atoms with Crippen molar-refractivity contribution in [3.63, 3.8) is 0 Å². The van der Waals surface area contributed by atoms with Crippen LogP contribution in [0.2, 0.25) is 0 Å². The first-order valence-corrected chi connectivity index (χ1v) is 21.1. The van der Waals surface area contributed by atoms with Crippen molar-refractivity contribution in [2.24, 2.45) is 17.8 Å². The summed E-state index contributed by atoms with van der Waals surface area (Å²) in [5, 5.41) is 0. The van der Waals surface area contributed by atoms with E-state index < -0.39 is 10.0 Å². The van der Waals surface area contributed by atoms with Gasteiger partial charge in [-0.15, -0.1) is 6.58 Å². The molecule has 1 saturated carbocycles. The molecule has 7 nitrogen and oxygen atoms in total. The van der Waals surface area contributed by atoms with Gasteiger partial charge in [-0.2, -0.15) is 4.31 Å². The maximum Gasteiger partial charge on any atom is 0.243 e. The number of ether oxygens (including phenoxy) is 3. The van der Waals surface area contributed by atoms with E-state index in [4.69, 9.17) is 14.2 Å². The van der Waals surface area contributed by atoms with Crippen molar-refractivity contribution in [1.82, 2.24) is 4.31 Å². The number of benzene rings is 4. The van der Waals surface area contributed by atoms with Crippen LogP contribution in [0.15, 0.2) is 102 Å². The summed E-state index contributed by atoms with van der Waals surface area (Å²) in [6, 6.07) is 27.5. The Kier molecular flexibility index (Phi) is 14.7. The Hall–Kier alpha value is -3.22. The molecule has 4 aromatic rings. The SMILES string of the molecule is C=CC(C)[C@@H]1CC[C@H]1CN1C[C@@]2(CCCc3cc(C)ccc32)COc2ccc(S(=O)(=O)N(Cc3ccc(OC)cc3)Cc3ccc(OC)cc3)cc21.CC.[U]. The molecular formula is C46H58N2O5SU. The molecule has 3 aliphatic rings. The van der Waals surface area contributed by atoms with Crippen molar-refractivity contribution in [2.75, 3.05) is 38.8 Å². The van der Waals surface area contributed by atoms with Crippen molar-refractivity contribution in [1.29, 1.82) is 0 Å². The van der Waals surface area contributed by atoms with E-state index in [0.717, 1.165) is 72.8 Å². The monoisotopic (exact) mass is 988 g/mol. The molecule has 0 aromatic heterocycles. The molecule has 0 saturated heterocycles. The summed E-state index contributed by atoms with van der Waals surface area (Å²) in [7, 11) is -0.704. The Morgan fingerprint density at radius 1 is 0.927 bits per heavy atom. The van der Waals surface area contributed by atoms with Gasteiger partial charge >= 0.3 is 0 Å². The van der Waals surface area contributed by atoms with Crippen LogP contribution in [0.25, 0.3) is 0 Å². The Morgan fingerprint density at radius 3 is 2.13 bits per heavy atom. The van der Waals surface area contributed by atoms with Crippen LogP contribution in [-0.2, 0) is 34.9 Å². The van der Waals surface area contributed by atoms with Crippen LogP contribution in [0.4, 0.5) is 5.69 Å². The summed E-state index contributed by atoms with van der Waals surface area (Å²) in [5.74, 6) is 3.70. The molecule has 0 N–H and O–H groups in total. The predicted molar refractivity (Wildman–Crippen MR) is 219 cm³/mol. The molecule has 292 valence electrons. The predicted octanol–water partition coefficient (Wildman–Crippen LogP) is 9.75. The zero-order chi connectivity index (χ0) is 38.5. The Morgan fingerprint density at radius 2 is 1.56 bits per heavy atom. The topological polar surface area (TPSA) is 68.3 Å². The molecule has 55 heavy (non-hydrogen) atoms. The van der Waals surface area contributed by atoms with E-state index in [1.54, 1.807) is 24.6 Å². The second-order valence-electron chi connectivity index (χ2n) is 15.2. The van der Waals surface area contributed by atoms with Crippen molar-refractivity contribution < 1.29 is 53.7 Å². The zero-order valence-electron chi connectivity index (χ0n) is 33.5. The van der Waals surface area contributed by atoms with Crippen LogP contribution in [0.1, 0.15) is 74.3 Å². The van der Waals surface area contributed by atoms with Crippen LogP contribution < -0.4 is 19.1 Å². The number of hydrogen-bond acceptors (Lipinski definition) is 6. The second kappa shape index (κ2) is 18.8. The van der Waals surface area contributed by atoms with Gasteiger partial charge in [-0.05, 0) is 121 Å². The first-order chi connectivity index (χ1) is 26.1. The van der Waals surface area contributed by atoms with Crippen LogP contribution in [0.5, 0.6) is 17.2 Å². The van der Waals surface area contributed by atoms with Crippen LogP contribution in [0.3, 0.4) is 0 Å². The minimum absolute atomic E-state index is 0. The first-order valence-electron chi connectivity index (χ1n) is 19.6. The zero-order valence-corrected chi connectivity index (χ0v) is 38.5. The third kappa shape index (κ3) is 9.33. The summed E-state index contributed by atoms with van der Waals surface area (Å²) < 4.78 is 48.7. The van der Waals surface area contributed by atoms with E-state index in [0.29, 0.717) is 24.4 Å². The van der Waals surface area contributed by atoms with E-state index >= 15 is 0 Å². The third-order valence-electron chi connectivity index (χ3n) is 11.9. The smallest absolute Gasteiger partial charge is 0.243 e. The van der Waals surface area contributed by atoms with Gasteiger partial charge in [0.1, 0.15) is 17.2 Å². The number of sulfonamides is 1. The molecule has 7 rings (SSSR count). The summed E-state index contributed by atoms with van der Waals surface area (Å²) >= 11 is 0. The van der Waals surface area contributed by atoms with Gasteiger partial charge < -0.3 is 19.1 Å². The minimum Gasteiger partial charge on any atom is -0.497 e. The number of methoxy groups -OCH3 is 2. The van der Waals surface area contributed by atoms with Gasteiger partial charge in [-0.25, -0.2) is 8.42 Å². The van der Waals surface area contributed by atoms with E-state index in [-0.39, 0.29) is 54.5 Å². The van der Waals surface area contributed by atoms with E-state index in [1.165, 1.54) is 23.1 Å². The molecule has 1 spiro atoms. The number of hydrogen-bond donors (Lipinski definition) is 0.